The highest BCUT2D eigenvalue weighted by Crippen LogP contribution is 2.43. The summed E-state index contributed by atoms with van der Waals surface area (Å²) in [7, 11) is 0. The van der Waals surface area contributed by atoms with Gasteiger partial charge in [0.2, 0.25) is 0 Å². The maximum atomic E-state index is 14.4. The van der Waals surface area contributed by atoms with Gasteiger partial charge in [-0.15, -0.1) is 0 Å². The van der Waals surface area contributed by atoms with Crippen LogP contribution >= 0.6 is 0 Å². The van der Waals surface area contributed by atoms with Crippen molar-refractivity contribution in [2.75, 3.05) is 0 Å². The van der Waals surface area contributed by atoms with Gasteiger partial charge in [0.05, 0.1) is 0 Å². The van der Waals surface area contributed by atoms with E-state index in [1.807, 2.05) is 0 Å². The van der Waals surface area contributed by atoms with Crippen LogP contribution < -0.4 is 0 Å². The van der Waals surface area contributed by atoms with Gasteiger partial charge < -0.3 is 0 Å². The summed E-state index contributed by atoms with van der Waals surface area (Å²) in [5, 5.41) is 1.91. The molecule has 0 atom stereocenters. The van der Waals surface area contributed by atoms with E-state index in [0.717, 1.165) is 48.5 Å². The lowest BCUT2D eigenvalue weighted by molar-refractivity contribution is 0.509. The van der Waals surface area contributed by atoms with Crippen LogP contribution in [0, 0.1) is 46.5 Å². The minimum Gasteiger partial charge on any atom is -0.204 e. The molecule has 0 amide bonds. The first-order valence-corrected chi connectivity index (χ1v) is 13.9. The smallest absolute Gasteiger partial charge is 0.159 e. The molecule has 0 spiro atoms. The summed E-state index contributed by atoms with van der Waals surface area (Å²) in [6.07, 6.45) is 0. The molecule has 0 aromatic heterocycles. The zero-order valence-electron chi connectivity index (χ0n) is 23.4. The Morgan fingerprint density at radius 2 is 0.435 bits per heavy atom. The van der Waals surface area contributed by atoms with Gasteiger partial charge in [-0.1, -0.05) is 48.5 Å². The summed E-state index contributed by atoms with van der Waals surface area (Å²) in [6.45, 7) is 0. The van der Waals surface area contributed by atoms with Gasteiger partial charge in [-0.2, -0.15) is 0 Å². The molecule has 7 aromatic carbocycles. The molecule has 0 radical (unpaired) electrons. The van der Waals surface area contributed by atoms with Crippen LogP contribution in [-0.4, -0.2) is 0 Å². The summed E-state index contributed by atoms with van der Waals surface area (Å²) in [5.74, 6) is -8.53. The second kappa shape index (κ2) is 11.1. The quantitative estimate of drug-likeness (QED) is 0.135. The van der Waals surface area contributed by atoms with E-state index in [1.165, 1.54) is 24.3 Å². The van der Waals surface area contributed by atoms with E-state index < -0.39 is 46.5 Å². The van der Waals surface area contributed by atoms with Crippen molar-refractivity contribution in [3.05, 3.63) is 156 Å². The number of fused-ring (bicyclic) bond motifs is 2. The molecule has 0 saturated carbocycles. The third-order valence-corrected chi connectivity index (χ3v) is 8.07. The Bertz CT molecular complexity index is 2030. The van der Waals surface area contributed by atoms with Crippen molar-refractivity contribution in [2.45, 2.75) is 0 Å². The van der Waals surface area contributed by atoms with Gasteiger partial charge in [0.15, 0.2) is 46.5 Å². The van der Waals surface area contributed by atoms with Crippen LogP contribution in [0.2, 0.25) is 0 Å². The number of hydrogen-bond acceptors (Lipinski definition) is 0. The average Bonchev–Trinajstić information content (AvgIpc) is 3.04. The van der Waals surface area contributed by atoms with E-state index in [2.05, 4.69) is 0 Å². The minimum absolute atomic E-state index is 0.311. The molecule has 0 N–H and O–H groups in total. The Kier molecular flexibility index (Phi) is 7.08. The Labute approximate surface area is 256 Å². The number of rotatable bonds is 4. The zero-order valence-corrected chi connectivity index (χ0v) is 23.4. The van der Waals surface area contributed by atoms with Crippen LogP contribution in [0.1, 0.15) is 0 Å². The van der Waals surface area contributed by atoms with Crippen LogP contribution in [0.4, 0.5) is 35.1 Å². The van der Waals surface area contributed by atoms with Gasteiger partial charge in [0.25, 0.3) is 0 Å². The largest absolute Gasteiger partial charge is 0.204 e. The summed E-state index contributed by atoms with van der Waals surface area (Å²) >= 11 is 0. The van der Waals surface area contributed by atoms with Crippen LogP contribution in [0.3, 0.4) is 0 Å². The van der Waals surface area contributed by atoms with Crippen LogP contribution in [0.25, 0.3) is 66.1 Å². The molecule has 0 heterocycles. The first-order chi connectivity index (χ1) is 22.1. The minimum atomic E-state index is -1.08. The van der Waals surface area contributed by atoms with E-state index in [0.29, 0.717) is 66.1 Å². The maximum absolute atomic E-state index is 14.4. The molecular formula is C38H18F8. The second-order valence-electron chi connectivity index (χ2n) is 10.8. The standard InChI is InChI=1S/C38H18F8/c39-31-9-1-19(13-35(31)43)23-5-6-24(20-2-10-32(40)36(44)14-20)28-18-30-26(22-4-12-34(42)38(46)16-22)8-7-25(29(30)17-27(23)28)21-3-11-33(41)37(45)15-21/h1-18H. The molecule has 0 unspecified atom stereocenters. The first-order valence-electron chi connectivity index (χ1n) is 13.9. The van der Waals surface area contributed by atoms with Gasteiger partial charge >= 0.3 is 0 Å². The monoisotopic (exact) mass is 626 g/mol. The molecule has 46 heavy (non-hydrogen) atoms. The second-order valence-corrected chi connectivity index (χ2v) is 10.8. The Morgan fingerprint density at radius 3 is 0.630 bits per heavy atom. The molecular weight excluding hydrogens is 608 g/mol. The Balaban J connectivity index is 1.63. The maximum Gasteiger partial charge on any atom is 0.159 e. The fourth-order valence-corrected chi connectivity index (χ4v) is 5.85. The van der Waals surface area contributed by atoms with Gasteiger partial charge in [-0.25, -0.2) is 35.1 Å². The van der Waals surface area contributed by atoms with E-state index in [1.54, 1.807) is 36.4 Å². The third kappa shape index (κ3) is 4.96. The van der Waals surface area contributed by atoms with Crippen molar-refractivity contribution in [3.63, 3.8) is 0 Å². The Morgan fingerprint density at radius 1 is 0.217 bits per heavy atom. The van der Waals surface area contributed by atoms with E-state index in [4.69, 9.17) is 0 Å². The summed E-state index contributed by atoms with van der Waals surface area (Å²) < 4.78 is 113. The first kappa shape index (κ1) is 29.2. The molecule has 7 rings (SSSR count). The lowest BCUT2D eigenvalue weighted by Gasteiger charge is -2.18. The van der Waals surface area contributed by atoms with E-state index in [-0.39, 0.29) is 0 Å². The predicted molar refractivity (Wildman–Crippen MR) is 163 cm³/mol. The Hall–Kier alpha value is -5.50. The number of benzene rings is 7. The fourth-order valence-electron chi connectivity index (χ4n) is 5.85. The molecule has 7 aromatic rings. The molecule has 8 heteroatoms. The van der Waals surface area contributed by atoms with Crippen molar-refractivity contribution in [1.82, 2.24) is 0 Å². The average molecular weight is 627 g/mol. The van der Waals surface area contributed by atoms with Crippen molar-refractivity contribution in [3.8, 4) is 44.5 Å². The van der Waals surface area contributed by atoms with E-state index in [9.17, 15) is 35.1 Å². The van der Waals surface area contributed by atoms with Crippen molar-refractivity contribution < 1.29 is 35.1 Å². The molecule has 0 nitrogen and oxygen atoms in total. The zero-order chi connectivity index (χ0) is 32.3. The lowest BCUT2D eigenvalue weighted by atomic mass is 9.86. The number of hydrogen-bond donors (Lipinski definition) is 0. The molecule has 0 fully saturated rings. The van der Waals surface area contributed by atoms with Crippen LogP contribution in [0.5, 0.6) is 0 Å². The fraction of sp³-hybridized carbons (Fsp3) is 0. The van der Waals surface area contributed by atoms with Crippen LogP contribution in [0.15, 0.2) is 109 Å². The van der Waals surface area contributed by atoms with Gasteiger partial charge in [0, 0.05) is 0 Å². The van der Waals surface area contributed by atoms with Crippen molar-refractivity contribution in [1.29, 1.82) is 0 Å². The molecule has 0 bridgehead atoms. The summed E-state index contributed by atoms with van der Waals surface area (Å²) in [4.78, 5) is 0. The van der Waals surface area contributed by atoms with Crippen molar-refractivity contribution in [2.24, 2.45) is 0 Å². The predicted octanol–water partition coefficient (Wildman–Crippen LogP) is 11.8. The van der Waals surface area contributed by atoms with Gasteiger partial charge in [-0.05, 0) is 127 Å². The van der Waals surface area contributed by atoms with E-state index >= 15 is 0 Å². The lowest BCUT2D eigenvalue weighted by Crippen LogP contribution is -1.94. The van der Waals surface area contributed by atoms with Crippen molar-refractivity contribution >= 4 is 21.5 Å². The summed E-state index contributed by atoms with van der Waals surface area (Å²) in [5.41, 5.74) is 3.07. The highest BCUT2D eigenvalue weighted by molar-refractivity contribution is 6.16. The normalized spacial score (nSPS) is 11.5. The summed E-state index contributed by atoms with van der Waals surface area (Å²) in [6, 6.07) is 23.6. The molecule has 226 valence electrons. The van der Waals surface area contributed by atoms with Gasteiger partial charge in [0.1, 0.15) is 0 Å². The van der Waals surface area contributed by atoms with Crippen LogP contribution in [-0.2, 0) is 0 Å². The molecule has 0 aliphatic rings. The SMILES string of the molecule is Fc1ccc(-c2ccc(-c3ccc(F)c(F)c3)c3cc4c(-c5ccc(F)c(F)c5)ccc(-c5ccc(F)c(F)c5)c4cc23)cc1F. The highest BCUT2D eigenvalue weighted by atomic mass is 19.2. The topological polar surface area (TPSA) is 0 Å². The molecule has 0 saturated heterocycles. The highest BCUT2D eigenvalue weighted by Gasteiger charge is 2.19. The third-order valence-electron chi connectivity index (χ3n) is 8.07. The molecule has 0 aliphatic heterocycles. The molecule has 0 aliphatic carbocycles. The number of halogens is 8. The van der Waals surface area contributed by atoms with Gasteiger partial charge in [-0.3, -0.25) is 0 Å².